The molecule has 0 spiro atoms. The molecule has 0 unspecified atom stereocenters. The molecule has 0 aliphatic rings. The molecule has 0 saturated heterocycles. The molecule has 0 bridgehead atoms. The van der Waals surface area contributed by atoms with Crippen LogP contribution in [0.2, 0.25) is 0 Å². The minimum atomic E-state index is 0.160. The first-order chi connectivity index (χ1) is 4.33. The lowest BCUT2D eigenvalue weighted by atomic mass is 10.3. The number of furan rings is 1. The molecule has 0 aliphatic carbocycles. The molecule has 2 nitrogen and oxygen atoms in total. The molecule has 1 N–H and O–H groups in total. The normalized spacial score (nSPS) is 10.0. The first kappa shape index (κ1) is 6.36. The van der Waals surface area contributed by atoms with Crippen molar-refractivity contribution in [2.45, 2.75) is 13.3 Å². The highest BCUT2D eigenvalue weighted by Gasteiger charge is 1.94. The Labute approximate surface area is 54.1 Å². The van der Waals surface area contributed by atoms with Gasteiger partial charge in [-0.05, 0) is 18.6 Å². The Balaban J connectivity index is 2.61. The Morgan fingerprint density at radius 2 is 2.44 bits per heavy atom. The van der Waals surface area contributed by atoms with Crippen LogP contribution < -0.4 is 0 Å². The van der Waals surface area contributed by atoms with Gasteiger partial charge in [0, 0.05) is 6.42 Å². The summed E-state index contributed by atoms with van der Waals surface area (Å²) in [6, 6.07) is 1.93. The molecule has 0 saturated carbocycles. The van der Waals surface area contributed by atoms with Crippen molar-refractivity contribution in [2.75, 3.05) is 6.61 Å². The van der Waals surface area contributed by atoms with Gasteiger partial charge in [-0.2, -0.15) is 0 Å². The first-order valence-corrected chi connectivity index (χ1v) is 2.98. The molecule has 0 aromatic carbocycles. The zero-order valence-electron chi connectivity index (χ0n) is 5.42. The number of aliphatic hydroxyl groups is 1. The van der Waals surface area contributed by atoms with Crippen molar-refractivity contribution in [1.82, 2.24) is 0 Å². The third-order valence-corrected chi connectivity index (χ3v) is 1.14. The Bertz CT molecular complexity index is 179. The van der Waals surface area contributed by atoms with Crippen LogP contribution in [0, 0.1) is 6.92 Å². The number of aliphatic hydroxyl groups excluding tert-OH is 1. The monoisotopic (exact) mass is 126 g/mol. The standard InChI is InChI=1S/C7H10O2/c1-6-4-7(2-3-8)9-5-6/h4-5,8H,2-3H2,1H3. The van der Waals surface area contributed by atoms with E-state index in [2.05, 4.69) is 0 Å². The minimum Gasteiger partial charge on any atom is -0.469 e. The van der Waals surface area contributed by atoms with E-state index in [0.29, 0.717) is 6.42 Å². The number of hydrogen-bond acceptors (Lipinski definition) is 2. The zero-order chi connectivity index (χ0) is 6.69. The highest BCUT2D eigenvalue weighted by molar-refractivity contribution is 5.10. The van der Waals surface area contributed by atoms with E-state index in [-0.39, 0.29) is 6.61 Å². The molecule has 50 valence electrons. The second-order valence-electron chi connectivity index (χ2n) is 2.06. The SMILES string of the molecule is Cc1coc(CCO)c1. The average molecular weight is 126 g/mol. The number of rotatable bonds is 2. The van der Waals surface area contributed by atoms with Gasteiger partial charge in [0.25, 0.3) is 0 Å². The molecule has 2 heteroatoms. The zero-order valence-corrected chi connectivity index (χ0v) is 5.42. The van der Waals surface area contributed by atoms with Crippen LogP contribution in [-0.4, -0.2) is 11.7 Å². The van der Waals surface area contributed by atoms with Crippen molar-refractivity contribution in [3.05, 3.63) is 23.7 Å². The van der Waals surface area contributed by atoms with Crippen LogP contribution in [0.25, 0.3) is 0 Å². The number of hydrogen-bond donors (Lipinski definition) is 1. The molecule has 9 heavy (non-hydrogen) atoms. The fourth-order valence-electron chi connectivity index (χ4n) is 0.732. The fourth-order valence-corrected chi connectivity index (χ4v) is 0.732. The Morgan fingerprint density at radius 3 is 2.89 bits per heavy atom. The van der Waals surface area contributed by atoms with Gasteiger partial charge in [0.05, 0.1) is 12.9 Å². The van der Waals surface area contributed by atoms with E-state index in [9.17, 15) is 0 Å². The smallest absolute Gasteiger partial charge is 0.106 e. The van der Waals surface area contributed by atoms with Crippen LogP contribution in [0.1, 0.15) is 11.3 Å². The summed E-state index contributed by atoms with van der Waals surface area (Å²) in [6.45, 7) is 2.12. The van der Waals surface area contributed by atoms with Crippen molar-refractivity contribution >= 4 is 0 Å². The quantitative estimate of drug-likeness (QED) is 0.644. The highest BCUT2D eigenvalue weighted by Crippen LogP contribution is 2.05. The van der Waals surface area contributed by atoms with Gasteiger partial charge >= 0.3 is 0 Å². The lowest BCUT2D eigenvalue weighted by Crippen LogP contribution is -1.85. The van der Waals surface area contributed by atoms with E-state index >= 15 is 0 Å². The molecule has 0 aliphatic heterocycles. The summed E-state index contributed by atoms with van der Waals surface area (Å²) in [6.07, 6.45) is 2.30. The summed E-state index contributed by atoms with van der Waals surface area (Å²) in [7, 11) is 0. The van der Waals surface area contributed by atoms with Crippen molar-refractivity contribution in [1.29, 1.82) is 0 Å². The lowest BCUT2D eigenvalue weighted by molar-refractivity contribution is 0.288. The summed E-state index contributed by atoms with van der Waals surface area (Å²) in [5.41, 5.74) is 1.11. The maximum Gasteiger partial charge on any atom is 0.106 e. The number of aryl methyl sites for hydroxylation is 1. The molecule has 1 aromatic rings. The van der Waals surface area contributed by atoms with Crippen LogP contribution in [0.15, 0.2) is 16.7 Å². The maximum atomic E-state index is 8.47. The van der Waals surface area contributed by atoms with E-state index < -0.39 is 0 Å². The second kappa shape index (κ2) is 2.69. The summed E-state index contributed by atoms with van der Waals surface area (Å²) >= 11 is 0. The van der Waals surface area contributed by atoms with Crippen LogP contribution in [0.5, 0.6) is 0 Å². The lowest BCUT2D eigenvalue weighted by Gasteiger charge is -1.85. The topological polar surface area (TPSA) is 33.4 Å². The molecule has 0 amide bonds. The van der Waals surface area contributed by atoms with Gasteiger partial charge in [-0.25, -0.2) is 0 Å². The molecule has 0 fully saturated rings. The summed E-state index contributed by atoms with van der Waals surface area (Å²) in [5.74, 6) is 0.856. The van der Waals surface area contributed by atoms with Gasteiger partial charge in [-0.15, -0.1) is 0 Å². The van der Waals surface area contributed by atoms with Crippen LogP contribution in [-0.2, 0) is 6.42 Å². The van der Waals surface area contributed by atoms with Crippen molar-refractivity contribution < 1.29 is 9.52 Å². The Kier molecular flexibility index (Phi) is 1.90. The molecule has 1 aromatic heterocycles. The van der Waals surface area contributed by atoms with Gasteiger partial charge < -0.3 is 9.52 Å². The van der Waals surface area contributed by atoms with Gasteiger partial charge in [0.2, 0.25) is 0 Å². The molecule has 1 heterocycles. The Morgan fingerprint density at radius 1 is 1.67 bits per heavy atom. The van der Waals surface area contributed by atoms with Crippen molar-refractivity contribution in [2.24, 2.45) is 0 Å². The molecular weight excluding hydrogens is 116 g/mol. The predicted octanol–water partition coefficient (Wildman–Crippen LogP) is 1.12. The van der Waals surface area contributed by atoms with Crippen LogP contribution >= 0.6 is 0 Å². The van der Waals surface area contributed by atoms with Crippen molar-refractivity contribution in [3.8, 4) is 0 Å². The van der Waals surface area contributed by atoms with Gasteiger partial charge in [-0.1, -0.05) is 0 Å². The third kappa shape index (κ3) is 1.57. The second-order valence-corrected chi connectivity index (χ2v) is 2.06. The Hall–Kier alpha value is -0.760. The highest BCUT2D eigenvalue weighted by atomic mass is 16.3. The van der Waals surface area contributed by atoms with E-state index in [1.165, 1.54) is 0 Å². The molecule has 0 radical (unpaired) electrons. The van der Waals surface area contributed by atoms with E-state index in [1.54, 1.807) is 6.26 Å². The summed E-state index contributed by atoms with van der Waals surface area (Å²) in [4.78, 5) is 0. The van der Waals surface area contributed by atoms with E-state index in [4.69, 9.17) is 9.52 Å². The van der Waals surface area contributed by atoms with Crippen LogP contribution in [0.3, 0.4) is 0 Å². The molecule has 1 rings (SSSR count). The van der Waals surface area contributed by atoms with Gasteiger partial charge in [0.15, 0.2) is 0 Å². The largest absolute Gasteiger partial charge is 0.469 e. The maximum absolute atomic E-state index is 8.47. The van der Waals surface area contributed by atoms with E-state index in [1.807, 2.05) is 13.0 Å². The average Bonchev–Trinajstić information content (AvgIpc) is 2.17. The summed E-state index contributed by atoms with van der Waals surface area (Å²) < 4.78 is 5.04. The molecule has 0 atom stereocenters. The van der Waals surface area contributed by atoms with Crippen molar-refractivity contribution in [3.63, 3.8) is 0 Å². The van der Waals surface area contributed by atoms with Gasteiger partial charge in [-0.3, -0.25) is 0 Å². The predicted molar refractivity (Wildman–Crippen MR) is 34.2 cm³/mol. The summed E-state index contributed by atoms with van der Waals surface area (Å²) in [5, 5.41) is 8.47. The minimum absolute atomic E-state index is 0.160. The third-order valence-electron chi connectivity index (χ3n) is 1.14. The fraction of sp³-hybridized carbons (Fsp3) is 0.429. The molecular formula is C7H10O2. The van der Waals surface area contributed by atoms with Gasteiger partial charge in [0.1, 0.15) is 5.76 Å². The van der Waals surface area contributed by atoms with E-state index in [0.717, 1.165) is 11.3 Å². The van der Waals surface area contributed by atoms with Crippen LogP contribution in [0.4, 0.5) is 0 Å². The first-order valence-electron chi connectivity index (χ1n) is 2.98.